The molecule has 0 aromatic heterocycles. The quantitative estimate of drug-likeness (QED) is 0.540. The Bertz CT molecular complexity index is 463. The summed E-state index contributed by atoms with van der Waals surface area (Å²) >= 11 is 0. The zero-order valence-corrected chi connectivity index (χ0v) is 9.76. The van der Waals surface area contributed by atoms with E-state index in [1.807, 2.05) is 6.92 Å². The molecule has 0 heterocycles. The maximum absolute atomic E-state index is 13.4. The van der Waals surface area contributed by atoms with E-state index < -0.39 is 0 Å². The zero-order chi connectivity index (χ0) is 12.8. The fraction of sp³-hybridized carbons (Fsp3) is 0.154. The van der Waals surface area contributed by atoms with Crippen LogP contribution < -0.4 is 11.1 Å². The molecule has 0 bridgehead atoms. The van der Waals surface area contributed by atoms with Crippen molar-refractivity contribution in [3.05, 3.63) is 53.6 Å². The molecular weight excluding hydrogens is 217 g/mol. The number of rotatable bonds is 5. The van der Waals surface area contributed by atoms with Crippen LogP contribution in [0.4, 0.5) is 10.1 Å². The first-order chi connectivity index (χ1) is 8.10. The second-order valence-corrected chi connectivity index (χ2v) is 3.53. The van der Waals surface area contributed by atoms with Gasteiger partial charge in [-0.3, -0.25) is 0 Å². The van der Waals surface area contributed by atoms with Gasteiger partial charge in [-0.1, -0.05) is 25.6 Å². The number of para-hydroxylation sites is 1. The van der Waals surface area contributed by atoms with Crippen LogP contribution >= 0.6 is 0 Å². The van der Waals surface area contributed by atoms with Gasteiger partial charge < -0.3 is 16.5 Å². The smallest absolute Gasteiger partial charge is 0.146 e. The van der Waals surface area contributed by atoms with Crippen molar-refractivity contribution in [1.29, 1.82) is 5.41 Å². The average Bonchev–Trinajstić information content (AvgIpc) is 2.32. The fourth-order valence-corrected chi connectivity index (χ4v) is 1.34. The summed E-state index contributed by atoms with van der Waals surface area (Å²) in [6, 6.07) is 6.23. The summed E-state index contributed by atoms with van der Waals surface area (Å²) in [7, 11) is 0. The maximum atomic E-state index is 13.4. The van der Waals surface area contributed by atoms with Gasteiger partial charge in [0, 0.05) is 11.8 Å². The van der Waals surface area contributed by atoms with Crippen molar-refractivity contribution >= 4 is 11.9 Å². The highest BCUT2D eigenvalue weighted by atomic mass is 19.1. The lowest BCUT2D eigenvalue weighted by Gasteiger charge is -2.12. The second-order valence-electron chi connectivity index (χ2n) is 3.53. The molecule has 0 atom stereocenters. The summed E-state index contributed by atoms with van der Waals surface area (Å²) in [5.74, 6) is -0.154. The van der Waals surface area contributed by atoms with Crippen LogP contribution in [0.1, 0.15) is 13.3 Å². The van der Waals surface area contributed by atoms with E-state index in [1.54, 1.807) is 18.2 Å². The Labute approximate surface area is 100 Å². The van der Waals surface area contributed by atoms with Crippen molar-refractivity contribution < 1.29 is 4.39 Å². The topological polar surface area (TPSA) is 61.9 Å². The maximum Gasteiger partial charge on any atom is 0.146 e. The van der Waals surface area contributed by atoms with Gasteiger partial charge in [-0.2, -0.15) is 0 Å². The number of benzene rings is 1. The van der Waals surface area contributed by atoms with E-state index in [4.69, 9.17) is 11.1 Å². The van der Waals surface area contributed by atoms with Crippen LogP contribution in [0, 0.1) is 11.2 Å². The molecule has 1 aromatic rings. The highest BCUT2D eigenvalue weighted by Gasteiger charge is 2.06. The fourth-order valence-electron chi connectivity index (χ4n) is 1.34. The summed E-state index contributed by atoms with van der Waals surface area (Å²) in [5, 5.41) is 10.0. The van der Waals surface area contributed by atoms with Crippen molar-refractivity contribution in [1.82, 2.24) is 0 Å². The molecule has 1 rings (SSSR count). The van der Waals surface area contributed by atoms with E-state index in [0.29, 0.717) is 12.0 Å². The van der Waals surface area contributed by atoms with Crippen molar-refractivity contribution in [3.8, 4) is 0 Å². The summed E-state index contributed by atoms with van der Waals surface area (Å²) < 4.78 is 13.4. The Kier molecular flexibility index (Phi) is 4.46. The van der Waals surface area contributed by atoms with Crippen LogP contribution in [0.3, 0.4) is 0 Å². The summed E-state index contributed by atoms with van der Waals surface area (Å²) in [4.78, 5) is 0. The molecule has 0 aliphatic heterocycles. The second kappa shape index (κ2) is 5.84. The Morgan fingerprint density at radius 2 is 2.18 bits per heavy atom. The predicted octanol–water partition coefficient (Wildman–Crippen LogP) is 3.02. The molecule has 1 aromatic carbocycles. The zero-order valence-electron chi connectivity index (χ0n) is 9.76. The first kappa shape index (κ1) is 13.0. The molecule has 0 fully saturated rings. The van der Waals surface area contributed by atoms with Crippen molar-refractivity contribution in [2.45, 2.75) is 13.3 Å². The van der Waals surface area contributed by atoms with Crippen LogP contribution in [0.15, 0.2) is 47.8 Å². The number of nitrogens with two attached hydrogens (primary N) is 1. The van der Waals surface area contributed by atoms with E-state index in [-0.39, 0.29) is 17.3 Å². The minimum Gasteiger partial charge on any atom is -0.385 e. The highest BCUT2D eigenvalue weighted by Crippen LogP contribution is 2.17. The van der Waals surface area contributed by atoms with E-state index in [9.17, 15) is 4.39 Å². The minimum atomic E-state index is -0.387. The molecule has 17 heavy (non-hydrogen) atoms. The molecule has 0 unspecified atom stereocenters. The molecule has 0 saturated heterocycles. The molecule has 0 aliphatic carbocycles. The van der Waals surface area contributed by atoms with Gasteiger partial charge in [-0.15, -0.1) is 0 Å². The Morgan fingerprint density at radius 3 is 2.71 bits per heavy atom. The van der Waals surface area contributed by atoms with Crippen molar-refractivity contribution in [2.24, 2.45) is 5.73 Å². The molecular formula is C13H16FN3. The van der Waals surface area contributed by atoms with Crippen LogP contribution in [-0.4, -0.2) is 6.21 Å². The van der Waals surface area contributed by atoms with Crippen LogP contribution in [0.25, 0.3) is 0 Å². The third kappa shape index (κ3) is 3.17. The molecule has 0 spiro atoms. The number of hydrogen-bond acceptors (Lipinski definition) is 3. The molecule has 0 aliphatic rings. The molecule has 90 valence electrons. The van der Waals surface area contributed by atoms with E-state index in [2.05, 4.69) is 11.9 Å². The van der Waals surface area contributed by atoms with E-state index >= 15 is 0 Å². The molecule has 4 heteroatoms. The molecule has 0 radical (unpaired) electrons. The van der Waals surface area contributed by atoms with Crippen LogP contribution in [0.2, 0.25) is 0 Å². The molecule has 4 N–H and O–H groups in total. The van der Waals surface area contributed by atoms with Gasteiger partial charge in [0.2, 0.25) is 0 Å². The van der Waals surface area contributed by atoms with Gasteiger partial charge in [-0.05, 0) is 24.1 Å². The van der Waals surface area contributed by atoms with Crippen molar-refractivity contribution in [2.75, 3.05) is 5.32 Å². The number of hydrogen-bond donors (Lipinski definition) is 3. The van der Waals surface area contributed by atoms with Gasteiger partial charge in [0.05, 0.1) is 5.69 Å². The van der Waals surface area contributed by atoms with Crippen LogP contribution in [0.5, 0.6) is 0 Å². The predicted molar refractivity (Wildman–Crippen MR) is 69.5 cm³/mol. The van der Waals surface area contributed by atoms with Gasteiger partial charge in [-0.25, -0.2) is 4.39 Å². The third-order valence-corrected chi connectivity index (χ3v) is 2.39. The minimum absolute atomic E-state index is 0.233. The monoisotopic (exact) mass is 233 g/mol. The molecule has 3 nitrogen and oxygen atoms in total. The Hall–Kier alpha value is -2.10. The summed E-state index contributed by atoms with van der Waals surface area (Å²) in [6.45, 7) is 5.73. The van der Waals surface area contributed by atoms with Gasteiger partial charge in [0.25, 0.3) is 0 Å². The van der Waals surface area contributed by atoms with E-state index in [0.717, 1.165) is 11.8 Å². The largest absolute Gasteiger partial charge is 0.385 e. The summed E-state index contributed by atoms with van der Waals surface area (Å²) in [6.07, 6.45) is 1.80. The molecule has 0 saturated carbocycles. The number of allylic oxidation sites excluding steroid dienone is 2. The van der Waals surface area contributed by atoms with E-state index in [1.165, 1.54) is 6.07 Å². The lowest BCUT2D eigenvalue weighted by Crippen LogP contribution is -2.15. The number of anilines is 1. The Morgan fingerprint density at radius 1 is 1.53 bits per heavy atom. The van der Waals surface area contributed by atoms with Gasteiger partial charge >= 0.3 is 0 Å². The first-order valence-corrected chi connectivity index (χ1v) is 5.30. The third-order valence-electron chi connectivity index (χ3n) is 2.39. The lowest BCUT2D eigenvalue weighted by atomic mass is 10.1. The average molecular weight is 233 g/mol. The SMILES string of the molecule is C=C(CC)/C(C=N)=C(\N)Nc1ccccc1F. The number of halogens is 1. The van der Waals surface area contributed by atoms with Gasteiger partial charge in [0.15, 0.2) is 0 Å². The molecule has 0 amide bonds. The van der Waals surface area contributed by atoms with Crippen molar-refractivity contribution in [3.63, 3.8) is 0 Å². The highest BCUT2D eigenvalue weighted by molar-refractivity contribution is 5.84. The van der Waals surface area contributed by atoms with Crippen LogP contribution in [-0.2, 0) is 0 Å². The first-order valence-electron chi connectivity index (χ1n) is 5.30. The normalized spacial score (nSPS) is 11.6. The standard InChI is InChI=1S/C13H16FN3/c1-3-9(2)10(8-15)13(16)17-12-7-5-4-6-11(12)14/h4-8,15,17H,2-3,16H2,1H3/b13-10+,15-8?. The lowest BCUT2D eigenvalue weighted by molar-refractivity contribution is 0.631. The van der Waals surface area contributed by atoms with Gasteiger partial charge in [0.1, 0.15) is 11.6 Å². The Balaban J connectivity index is 3.01. The number of nitrogens with one attached hydrogen (secondary N) is 2. The summed E-state index contributed by atoms with van der Waals surface area (Å²) in [5.41, 5.74) is 7.31.